The Bertz CT molecular complexity index is 690. The first-order valence-electron chi connectivity index (χ1n) is 9.62. The van der Waals surface area contributed by atoms with Crippen molar-refractivity contribution in [2.24, 2.45) is 0 Å². The second-order valence-corrected chi connectivity index (χ2v) is 7.20. The molecule has 0 saturated carbocycles. The monoisotopic (exact) mass is 372 g/mol. The van der Waals surface area contributed by atoms with Crippen molar-refractivity contribution in [1.29, 1.82) is 0 Å². The summed E-state index contributed by atoms with van der Waals surface area (Å²) in [4.78, 5) is 43.5. The molecule has 3 amide bonds. The Hall–Kier alpha value is -2.57. The van der Waals surface area contributed by atoms with E-state index in [0.717, 1.165) is 24.5 Å². The predicted octanol–water partition coefficient (Wildman–Crippen LogP) is 1.33. The first kappa shape index (κ1) is 19.2. The lowest BCUT2D eigenvalue weighted by atomic mass is 10.2. The van der Waals surface area contributed by atoms with E-state index in [0.29, 0.717) is 26.2 Å². The zero-order valence-corrected chi connectivity index (χ0v) is 16.2. The van der Waals surface area contributed by atoms with Crippen molar-refractivity contribution in [3.63, 3.8) is 0 Å². The second kappa shape index (κ2) is 8.41. The molecule has 2 heterocycles. The number of amides is 3. The third-order valence-electron chi connectivity index (χ3n) is 5.38. The highest BCUT2D eigenvalue weighted by atomic mass is 16.2. The summed E-state index contributed by atoms with van der Waals surface area (Å²) in [7, 11) is 0. The molecular formula is C20H28N4O3. The summed E-state index contributed by atoms with van der Waals surface area (Å²) in [6, 6.07) is 7.87. The van der Waals surface area contributed by atoms with Gasteiger partial charge in [0.2, 0.25) is 17.7 Å². The fourth-order valence-electron chi connectivity index (χ4n) is 3.71. The van der Waals surface area contributed by atoms with E-state index in [4.69, 9.17) is 0 Å². The highest BCUT2D eigenvalue weighted by Crippen LogP contribution is 2.24. The third kappa shape index (κ3) is 4.59. The molecule has 2 aliphatic heterocycles. The lowest BCUT2D eigenvalue weighted by molar-refractivity contribution is -0.137. The first-order chi connectivity index (χ1) is 13.0. The number of rotatable bonds is 4. The van der Waals surface area contributed by atoms with Crippen LogP contribution in [0.1, 0.15) is 26.7 Å². The zero-order chi connectivity index (χ0) is 19.4. The number of carbonyl (C=O) groups is 3. The average molecular weight is 372 g/mol. The topological polar surface area (TPSA) is 64.2 Å². The molecule has 0 spiro atoms. The standard InChI is InChI=1S/C20H28N4O3/c1-16(25)21-11-13-23(14-12-21)20(27)15-24(17(2)26)19-7-5-18(6-8-19)22-9-3-4-10-22/h5-8H,3-4,9-15H2,1-2H3. The van der Waals surface area contributed by atoms with Crippen LogP contribution in [0.15, 0.2) is 24.3 Å². The van der Waals surface area contributed by atoms with Gasteiger partial charge in [-0.25, -0.2) is 0 Å². The zero-order valence-electron chi connectivity index (χ0n) is 16.2. The van der Waals surface area contributed by atoms with Crippen LogP contribution >= 0.6 is 0 Å². The number of anilines is 2. The van der Waals surface area contributed by atoms with Crippen molar-refractivity contribution >= 4 is 29.1 Å². The SMILES string of the molecule is CC(=O)N1CCN(C(=O)CN(C(C)=O)c2ccc(N3CCCC3)cc2)CC1. The van der Waals surface area contributed by atoms with Gasteiger partial charge in [-0.1, -0.05) is 0 Å². The number of hydrogen-bond acceptors (Lipinski definition) is 4. The van der Waals surface area contributed by atoms with Crippen LogP contribution in [-0.4, -0.2) is 73.3 Å². The smallest absolute Gasteiger partial charge is 0.242 e. The molecule has 2 aliphatic rings. The molecule has 0 aromatic heterocycles. The fourth-order valence-corrected chi connectivity index (χ4v) is 3.71. The van der Waals surface area contributed by atoms with E-state index in [-0.39, 0.29) is 24.3 Å². The van der Waals surface area contributed by atoms with Crippen LogP contribution in [0.25, 0.3) is 0 Å². The van der Waals surface area contributed by atoms with E-state index < -0.39 is 0 Å². The maximum Gasteiger partial charge on any atom is 0.242 e. The van der Waals surface area contributed by atoms with Crippen molar-refractivity contribution in [3.05, 3.63) is 24.3 Å². The van der Waals surface area contributed by atoms with Crippen LogP contribution in [0, 0.1) is 0 Å². The van der Waals surface area contributed by atoms with Crippen LogP contribution in [0.2, 0.25) is 0 Å². The highest BCUT2D eigenvalue weighted by molar-refractivity contribution is 5.97. The van der Waals surface area contributed by atoms with Gasteiger partial charge in [0.15, 0.2) is 0 Å². The van der Waals surface area contributed by atoms with Crippen molar-refractivity contribution in [3.8, 4) is 0 Å². The minimum atomic E-state index is -0.153. The third-order valence-corrected chi connectivity index (χ3v) is 5.38. The number of hydrogen-bond donors (Lipinski definition) is 0. The molecule has 1 aromatic carbocycles. The number of carbonyl (C=O) groups excluding carboxylic acids is 3. The summed E-state index contributed by atoms with van der Waals surface area (Å²) in [6.45, 7) is 7.31. The van der Waals surface area contributed by atoms with Gasteiger partial charge in [-0.15, -0.1) is 0 Å². The molecular weight excluding hydrogens is 344 g/mol. The van der Waals surface area contributed by atoms with Gasteiger partial charge in [0.1, 0.15) is 6.54 Å². The van der Waals surface area contributed by atoms with Crippen molar-refractivity contribution in [1.82, 2.24) is 9.80 Å². The van der Waals surface area contributed by atoms with Crippen LogP contribution in [0.3, 0.4) is 0 Å². The summed E-state index contributed by atoms with van der Waals surface area (Å²) in [5.74, 6) is -0.206. The minimum Gasteiger partial charge on any atom is -0.372 e. The van der Waals surface area contributed by atoms with Gasteiger partial charge >= 0.3 is 0 Å². The van der Waals surface area contributed by atoms with Crippen LogP contribution < -0.4 is 9.80 Å². The van der Waals surface area contributed by atoms with E-state index in [1.165, 1.54) is 24.7 Å². The lowest BCUT2D eigenvalue weighted by Crippen LogP contribution is -2.52. The fraction of sp³-hybridized carbons (Fsp3) is 0.550. The maximum absolute atomic E-state index is 12.7. The molecule has 7 nitrogen and oxygen atoms in total. The average Bonchev–Trinajstić information content (AvgIpc) is 3.20. The predicted molar refractivity (Wildman–Crippen MR) is 105 cm³/mol. The summed E-state index contributed by atoms with van der Waals surface area (Å²) in [5, 5.41) is 0. The highest BCUT2D eigenvalue weighted by Gasteiger charge is 2.25. The summed E-state index contributed by atoms with van der Waals surface area (Å²) < 4.78 is 0. The molecule has 0 N–H and O–H groups in total. The molecule has 0 atom stereocenters. The quantitative estimate of drug-likeness (QED) is 0.800. The molecule has 2 fully saturated rings. The second-order valence-electron chi connectivity index (χ2n) is 7.20. The normalized spacial score (nSPS) is 17.2. The maximum atomic E-state index is 12.7. The Balaban J connectivity index is 1.62. The van der Waals surface area contributed by atoms with Gasteiger partial charge in [0.05, 0.1) is 0 Å². The van der Waals surface area contributed by atoms with Crippen molar-refractivity contribution in [2.75, 3.05) is 55.6 Å². The Kier molecular flexibility index (Phi) is 5.98. The van der Waals surface area contributed by atoms with Crippen LogP contribution in [0.4, 0.5) is 11.4 Å². The van der Waals surface area contributed by atoms with E-state index in [9.17, 15) is 14.4 Å². The molecule has 0 unspecified atom stereocenters. The summed E-state index contributed by atoms with van der Waals surface area (Å²) >= 11 is 0. The Morgan fingerprint density at radius 3 is 1.93 bits per heavy atom. The molecule has 3 rings (SSSR count). The molecule has 0 radical (unpaired) electrons. The van der Waals surface area contributed by atoms with Crippen molar-refractivity contribution < 1.29 is 14.4 Å². The van der Waals surface area contributed by atoms with E-state index >= 15 is 0 Å². The van der Waals surface area contributed by atoms with Gasteiger partial charge in [-0.3, -0.25) is 14.4 Å². The largest absolute Gasteiger partial charge is 0.372 e. The van der Waals surface area contributed by atoms with Crippen molar-refractivity contribution in [2.45, 2.75) is 26.7 Å². The minimum absolute atomic E-state index is 0.0263. The molecule has 0 aliphatic carbocycles. The molecule has 2 saturated heterocycles. The summed E-state index contributed by atoms with van der Waals surface area (Å²) in [5.41, 5.74) is 1.90. The summed E-state index contributed by atoms with van der Waals surface area (Å²) in [6.07, 6.45) is 2.43. The molecule has 7 heteroatoms. The number of benzene rings is 1. The lowest BCUT2D eigenvalue weighted by Gasteiger charge is -2.35. The van der Waals surface area contributed by atoms with E-state index in [1.54, 1.807) is 16.7 Å². The van der Waals surface area contributed by atoms with Crippen LogP contribution in [-0.2, 0) is 14.4 Å². The van der Waals surface area contributed by atoms with Gasteiger partial charge in [0.25, 0.3) is 0 Å². The molecule has 1 aromatic rings. The molecule has 27 heavy (non-hydrogen) atoms. The Labute approximate surface area is 160 Å². The van der Waals surface area contributed by atoms with Gasteiger partial charge in [0, 0.05) is 64.5 Å². The molecule has 0 bridgehead atoms. The number of nitrogens with zero attached hydrogens (tertiary/aromatic N) is 4. The van der Waals surface area contributed by atoms with E-state index in [2.05, 4.69) is 4.90 Å². The Morgan fingerprint density at radius 2 is 1.41 bits per heavy atom. The Morgan fingerprint density at radius 1 is 0.852 bits per heavy atom. The number of piperazine rings is 1. The van der Waals surface area contributed by atoms with E-state index in [1.807, 2.05) is 24.3 Å². The first-order valence-corrected chi connectivity index (χ1v) is 9.62. The molecule has 146 valence electrons. The van der Waals surface area contributed by atoms with Gasteiger partial charge in [-0.05, 0) is 37.1 Å². The van der Waals surface area contributed by atoms with Crippen LogP contribution in [0.5, 0.6) is 0 Å². The van der Waals surface area contributed by atoms with Gasteiger partial charge < -0.3 is 19.6 Å². The van der Waals surface area contributed by atoms with Gasteiger partial charge in [-0.2, -0.15) is 0 Å².